The van der Waals surface area contributed by atoms with Gasteiger partial charge < -0.3 is 14.5 Å². The number of hydrogen-bond donors (Lipinski definition) is 1. The summed E-state index contributed by atoms with van der Waals surface area (Å²) in [7, 11) is -2.13. The number of carbonyl (C=O) groups is 1. The summed E-state index contributed by atoms with van der Waals surface area (Å²) in [6.45, 7) is 0.973. The molecule has 3 aromatic carbocycles. The molecular formula is C26H25N3O5S. The maximum absolute atomic E-state index is 12.9. The number of carbonyl (C=O) groups excluding carboxylic acids is 1. The van der Waals surface area contributed by atoms with E-state index in [4.69, 9.17) is 9.15 Å². The van der Waals surface area contributed by atoms with Gasteiger partial charge in [0.05, 0.1) is 11.0 Å². The fourth-order valence-corrected chi connectivity index (χ4v) is 5.26. The van der Waals surface area contributed by atoms with Crippen molar-refractivity contribution in [3.8, 4) is 11.5 Å². The van der Waals surface area contributed by atoms with Gasteiger partial charge in [0.2, 0.25) is 15.9 Å². The number of nitrogens with zero attached hydrogens (tertiary/aromatic N) is 2. The van der Waals surface area contributed by atoms with Gasteiger partial charge >= 0.3 is 0 Å². The van der Waals surface area contributed by atoms with E-state index in [0.29, 0.717) is 35.9 Å². The van der Waals surface area contributed by atoms with E-state index < -0.39 is 10.0 Å². The van der Waals surface area contributed by atoms with Gasteiger partial charge in [0, 0.05) is 37.0 Å². The van der Waals surface area contributed by atoms with Gasteiger partial charge in [0.1, 0.15) is 5.52 Å². The Hall–Kier alpha value is -3.53. The molecule has 1 fully saturated rings. The summed E-state index contributed by atoms with van der Waals surface area (Å²) >= 11 is 0. The number of fused-ring (bicyclic) bond motifs is 1. The summed E-state index contributed by atoms with van der Waals surface area (Å²) in [6, 6.07) is 20.6. The fourth-order valence-electron chi connectivity index (χ4n) is 4.06. The van der Waals surface area contributed by atoms with Crippen LogP contribution in [0.2, 0.25) is 0 Å². The molecule has 0 spiro atoms. The SMILES string of the molecule is CN(C[C@@H]1CCCO1)S(=O)(=O)c1ccc(C(=O)Nc2cccc(-c3nc4ccccc4o3)c2)cc1. The first-order valence-electron chi connectivity index (χ1n) is 11.4. The van der Waals surface area contributed by atoms with Gasteiger partial charge in [-0.2, -0.15) is 4.31 Å². The Morgan fingerprint density at radius 1 is 1.09 bits per heavy atom. The molecule has 1 saturated heterocycles. The highest BCUT2D eigenvalue weighted by Gasteiger charge is 2.26. The maximum Gasteiger partial charge on any atom is 0.255 e. The minimum absolute atomic E-state index is 0.0784. The molecule has 35 heavy (non-hydrogen) atoms. The second kappa shape index (κ2) is 9.61. The molecule has 1 aliphatic rings. The predicted molar refractivity (Wildman–Crippen MR) is 133 cm³/mol. The lowest BCUT2D eigenvalue weighted by atomic mass is 10.1. The normalized spacial score (nSPS) is 16.1. The van der Waals surface area contributed by atoms with Crippen LogP contribution in [0.15, 0.2) is 82.1 Å². The molecule has 1 atom stereocenters. The number of nitrogens with one attached hydrogen (secondary N) is 1. The van der Waals surface area contributed by atoms with E-state index in [9.17, 15) is 13.2 Å². The fraction of sp³-hybridized carbons (Fsp3) is 0.231. The van der Waals surface area contributed by atoms with Gasteiger partial charge in [-0.15, -0.1) is 0 Å². The molecule has 0 radical (unpaired) electrons. The molecule has 180 valence electrons. The summed E-state index contributed by atoms with van der Waals surface area (Å²) < 4.78 is 38.4. The highest BCUT2D eigenvalue weighted by molar-refractivity contribution is 7.89. The van der Waals surface area contributed by atoms with E-state index >= 15 is 0 Å². The van der Waals surface area contributed by atoms with E-state index in [1.165, 1.54) is 28.6 Å². The molecule has 0 unspecified atom stereocenters. The van der Waals surface area contributed by atoms with Crippen LogP contribution in [0.4, 0.5) is 5.69 Å². The Bertz CT molecular complexity index is 1420. The zero-order valence-corrected chi connectivity index (χ0v) is 20.0. The second-order valence-electron chi connectivity index (χ2n) is 8.47. The third-order valence-electron chi connectivity index (χ3n) is 5.97. The summed E-state index contributed by atoms with van der Waals surface area (Å²) in [5.41, 5.74) is 3.09. The van der Waals surface area contributed by atoms with Gasteiger partial charge in [0.25, 0.3) is 5.91 Å². The van der Waals surface area contributed by atoms with E-state index in [-0.39, 0.29) is 16.9 Å². The number of oxazole rings is 1. The van der Waals surface area contributed by atoms with E-state index in [0.717, 1.165) is 23.9 Å². The Morgan fingerprint density at radius 3 is 2.63 bits per heavy atom. The van der Waals surface area contributed by atoms with Crippen molar-refractivity contribution in [3.63, 3.8) is 0 Å². The highest BCUT2D eigenvalue weighted by Crippen LogP contribution is 2.26. The molecular weight excluding hydrogens is 466 g/mol. The Kier molecular flexibility index (Phi) is 6.38. The Balaban J connectivity index is 1.28. The maximum atomic E-state index is 12.9. The molecule has 1 aliphatic heterocycles. The lowest BCUT2D eigenvalue weighted by Gasteiger charge is -2.20. The number of ether oxygens (including phenoxy) is 1. The lowest BCUT2D eigenvalue weighted by molar-refractivity contribution is 0.0979. The van der Waals surface area contributed by atoms with Crippen molar-refractivity contribution in [1.29, 1.82) is 0 Å². The molecule has 1 N–H and O–H groups in total. The molecule has 0 saturated carbocycles. The first-order chi connectivity index (χ1) is 16.9. The molecule has 1 amide bonds. The van der Waals surface area contributed by atoms with Gasteiger partial charge in [-0.1, -0.05) is 18.2 Å². The van der Waals surface area contributed by atoms with Gasteiger partial charge in [-0.3, -0.25) is 4.79 Å². The van der Waals surface area contributed by atoms with Crippen LogP contribution >= 0.6 is 0 Å². The van der Waals surface area contributed by atoms with E-state index in [1.807, 2.05) is 30.3 Å². The number of anilines is 1. The van der Waals surface area contributed by atoms with Crippen molar-refractivity contribution in [3.05, 3.63) is 78.4 Å². The molecule has 4 aromatic rings. The molecule has 2 heterocycles. The largest absolute Gasteiger partial charge is 0.436 e. The molecule has 5 rings (SSSR count). The van der Waals surface area contributed by atoms with Crippen LogP contribution in [0.5, 0.6) is 0 Å². The first kappa shape index (κ1) is 23.2. The third-order valence-corrected chi connectivity index (χ3v) is 7.81. The number of aromatic nitrogens is 1. The first-order valence-corrected chi connectivity index (χ1v) is 12.8. The van der Waals surface area contributed by atoms with Crippen molar-refractivity contribution in [2.24, 2.45) is 0 Å². The zero-order chi connectivity index (χ0) is 24.4. The number of benzene rings is 3. The number of likely N-dealkylation sites (N-methyl/N-ethyl adjacent to an activating group) is 1. The number of para-hydroxylation sites is 2. The molecule has 0 aliphatic carbocycles. The minimum Gasteiger partial charge on any atom is -0.436 e. The smallest absolute Gasteiger partial charge is 0.255 e. The third kappa shape index (κ3) is 4.97. The number of hydrogen-bond acceptors (Lipinski definition) is 6. The van der Waals surface area contributed by atoms with Crippen LogP contribution in [0.1, 0.15) is 23.2 Å². The van der Waals surface area contributed by atoms with Crippen molar-refractivity contribution < 1.29 is 22.4 Å². The van der Waals surface area contributed by atoms with Crippen LogP contribution in [0.3, 0.4) is 0 Å². The Morgan fingerprint density at radius 2 is 1.89 bits per heavy atom. The van der Waals surface area contributed by atoms with Crippen molar-refractivity contribution in [2.45, 2.75) is 23.8 Å². The van der Waals surface area contributed by atoms with E-state index in [2.05, 4.69) is 10.3 Å². The minimum atomic E-state index is -3.67. The zero-order valence-electron chi connectivity index (χ0n) is 19.2. The standard InChI is InChI=1S/C26H25N3O5S/c1-29(17-21-8-5-15-33-21)35(31,32)22-13-11-18(12-14-22)25(30)27-20-7-4-6-19(16-20)26-28-23-9-2-3-10-24(23)34-26/h2-4,6-7,9-14,16,21H,5,8,15,17H2,1H3,(H,27,30)/t21-/m0/s1. The summed E-state index contributed by atoms with van der Waals surface area (Å²) in [4.78, 5) is 17.4. The molecule has 1 aromatic heterocycles. The summed E-state index contributed by atoms with van der Waals surface area (Å²) in [5, 5.41) is 2.85. The lowest BCUT2D eigenvalue weighted by Crippen LogP contribution is -2.34. The monoisotopic (exact) mass is 491 g/mol. The van der Waals surface area contributed by atoms with Crippen LogP contribution in [0.25, 0.3) is 22.6 Å². The number of rotatable bonds is 7. The van der Waals surface area contributed by atoms with Gasteiger partial charge in [-0.25, -0.2) is 13.4 Å². The highest BCUT2D eigenvalue weighted by atomic mass is 32.2. The van der Waals surface area contributed by atoms with Gasteiger partial charge in [0.15, 0.2) is 5.58 Å². The van der Waals surface area contributed by atoms with Crippen molar-refractivity contribution in [2.75, 3.05) is 25.5 Å². The van der Waals surface area contributed by atoms with Gasteiger partial charge in [-0.05, 0) is 67.4 Å². The average molecular weight is 492 g/mol. The topological polar surface area (TPSA) is 102 Å². The van der Waals surface area contributed by atoms with Crippen LogP contribution in [-0.4, -0.2) is 49.9 Å². The van der Waals surface area contributed by atoms with E-state index in [1.54, 1.807) is 25.2 Å². The number of amides is 1. The Labute approximate surface area is 203 Å². The summed E-state index contributed by atoms with van der Waals surface area (Å²) in [6.07, 6.45) is 1.72. The summed E-state index contributed by atoms with van der Waals surface area (Å²) in [5.74, 6) is 0.111. The quantitative estimate of drug-likeness (QED) is 0.407. The second-order valence-corrected chi connectivity index (χ2v) is 10.5. The van der Waals surface area contributed by atoms with Crippen LogP contribution in [0, 0.1) is 0 Å². The van der Waals surface area contributed by atoms with Crippen LogP contribution in [-0.2, 0) is 14.8 Å². The molecule has 0 bridgehead atoms. The molecule has 9 heteroatoms. The average Bonchev–Trinajstić information content (AvgIpc) is 3.54. The number of sulfonamides is 1. The van der Waals surface area contributed by atoms with Crippen molar-refractivity contribution >= 4 is 32.7 Å². The predicted octanol–water partition coefficient (Wildman–Crippen LogP) is 4.55. The molecule has 8 nitrogen and oxygen atoms in total. The van der Waals surface area contributed by atoms with Crippen molar-refractivity contribution in [1.82, 2.24) is 9.29 Å². The van der Waals surface area contributed by atoms with Crippen LogP contribution < -0.4 is 5.32 Å².